The average Bonchev–Trinajstić information content (AvgIpc) is 2.97. The van der Waals surface area contributed by atoms with Crippen molar-refractivity contribution in [1.29, 1.82) is 5.26 Å². The van der Waals surface area contributed by atoms with E-state index >= 15 is 0 Å². The van der Waals surface area contributed by atoms with Crippen LogP contribution in [0.15, 0.2) is 48.5 Å². The summed E-state index contributed by atoms with van der Waals surface area (Å²) in [5.41, 5.74) is 3.97. The van der Waals surface area contributed by atoms with Gasteiger partial charge in [0.2, 0.25) is 5.91 Å². The summed E-state index contributed by atoms with van der Waals surface area (Å²) in [5, 5.41) is 11.9. The van der Waals surface area contributed by atoms with Crippen LogP contribution in [-0.4, -0.2) is 12.5 Å². The Labute approximate surface area is 156 Å². The first kappa shape index (κ1) is 18.2. The Kier molecular flexibility index (Phi) is 5.73. The highest BCUT2D eigenvalue weighted by molar-refractivity contribution is 6.00. The first-order chi connectivity index (χ1) is 12.8. The number of fused-ring (bicyclic) bond motifs is 3. The topological polar surface area (TPSA) is 52.9 Å². The lowest BCUT2D eigenvalue weighted by atomic mass is 9.73. The highest BCUT2D eigenvalue weighted by Crippen LogP contribution is 2.51. The lowest BCUT2D eigenvalue weighted by Crippen LogP contribution is -2.44. The molecule has 26 heavy (non-hydrogen) atoms. The summed E-state index contributed by atoms with van der Waals surface area (Å²) in [7, 11) is 0. The Balaban J connectivity index is 2.02. The van der Waals surface area contributed by atoms with Crippen molar-refractivity contribution in [2.75, 3.05) is 6.54 Å². The molecule has 1 N–H and O–H groups in total. The molecule has 0 aliphatic heterocycles. The first-order valence-electron chi connectivity index (χ1n) is 9.60. The molecule has 0 saturated heterocycles. The van der Waals surface area contributed by atoms with E-state index in [4.69, 9.17) is 5.26 Å². The third-order valence-corrected chi connectivity index (χ3v) is 5.33. The van der Waals surface area contributed by atoms with E-state index in [-0.39, 0.29) is 5.91 Å². The number of hydrogen-bond acceptors (Lipinski definition) is 2. The van der Waals surface area contributed by atoms with Crippen LogP contribution in [0, 0.1) is 11.3 Å². The molecule has 1 aliphatic rings. The SMILES string of the molecule is CCCNC(=O)C1(CCCCCC#N)c2ccccc2-c2ccccc21. The Bertz CT molecular complexity index is 773. The van der Waals surface area contributed by atoms with Crippen molar-refractivity contribution >= 4 is 5.91 Å². The fraction of sp³-hybridized carbons (Fsp3) is 0.391. The molecule has 0 heterocycles. The maximum absolute atomic E-state index is 13.4. The van der Waals surface area contributed by atoms with Crippen molar-refractivity contribution in [3.05, 3.63) is 59.7 Å². The van der Waals surface area contributed by atoms with Crippen molar-refractivity contribution in [2.45, 2.75) is 50.9 Å². The second-order valence-corrected chi connectivity index (χ2v) is 6.97. The van der Waals surface area contributed by atoms with Gasteiger partial charge in [0.05, 0.1) is 6.07 Å². The number of nitrogens with zero attached hydrogens (tertiary/aromatic N) is 1. The minimum Gasteiger partial charge on any atom is -0.355 e. The minimum absolute atomic E-state index is 0.108. The predicted octanol–water partition coefficient (Wildman–Crippen LogP) is 4.95. The molecule has 1 amide bonds. The quantitative estimate of drug-likeness (QED) is 0.687. The van der Waals surface area contributed by atoms with Gasteiger partial charge in [0.15, 0.2) is 0 Å². The molecule has 0 saturated carbocycles. The Morgan fingerprint density at radius 2 is 1.62 bits per heavy atom. The van der Waals surface area contributed by atoms with E-state index in [9.17, 15) is 4.79 Å². The fourth-order valence-corrected chi connectivity index (χ4v) is 4.11. The van der Waals surface area contributed by atoms with Gasteiger partial charge in [-0.3, -0.25) is 4.79 Å². The van der Waals surface area contributed by atoms with Crippen LogP contribution in [0.5, 0.6) is 0 Å². The number of unbranched alkanes of at least 4 members (excludes halogenated alkanes) is 3. The summed E-state index contributed by atoms with van der Waals surface area (Å²) < 4.78 is 0. The van der Waals surface area contributed by atoms with E-state index in [2.05, 4.69) is 42.6 Å². The van der Waals surface area contributed by atoms with Crippen molar-refractivity contribution in [2.24, 2.45) is 0 Å². The van der Waals surface area contributed by atoms with E-state index in [1.807, 2.05) is 24.3 Å². The molecule has 3 rings (SSSR count). The molecule has 0 atom stereocenters. The molecule has 0 aromatic heterocycles. The molecule has 2 aromatic carbocycles. The number of hydrogen-bond donors (Lipinski definition) is 1. The van der Waals surface area contributed by atoms with Crippen LogP contribution in [0.3, 0.4) is 0 Å². The third kappa shape index (κ3) is 3.12. The molecule has 0 bridgehead atoms. The fourth-order valence-electron chi connectivity index (χ4n) is 4.11. The van der Waals surface area contributed by atoms with Gasteiger partial charge < -0.3 is 5.32 Å². The van der Waals surface area contributed by atoms with Crippen molar-refractivity contribution < 1.29 is 4.79 Å². The maximum Gasteiger partial charge on any atom is 0.235 e. The van der Waals surface area contributed by atoms with Gasteiger partial charge in [-0.15, -0.1) is 0 Å². The van der Waals surface area contributed by atoms with Crippen LogP contribution in [0.4, 0.5) is 0 Å². The average molecular weight is 346 g/mol. The summed E-state index contributed by atoms with van der Waals surface area (Å²) in [6.07, 6.45) is 5.09. The van der Waals surface area contributed by atoms with Crippen LogP contribution in [-0.2, 0) is 10.2 Å². The first-order valence-corrected chi connectivity index (χ1v) is 9.60. The van der Waals surface area contributed by atoms with E-state index in [1.54, 1.807) is 0 Å². The zero-order valence-corrected chi connectivity index (χ0v) is 15.4. The molecular formula is C23H26N2O. The summed E-state index contributed by atoms with van der Waals surface area (Å²) in [6, 6.07) is 18.8. The highest BCUT2D eigenvalue weighted by Gasteiger charge is 2.48. The zero-order chi connectivity index (χ0) is 18.4. The lowest BCUT2D eigenvalue weighted by molar-refractivity contribution is -0.125. The monoisotopic (exact) mass is 346 g/mol. The Hall–Kier alpha value is -2.60. The second kappa shape index (κ2) is 8.19. The molecular weight excluding hydrogens is 320 g/mol. The Morgan fingerprint density at radius 3 is 2.19 bits per heavy atom. The lowest BCUT2D eigenvalue weighted by Gasteiger charge is -2.31. The molecule has 0 spiro atoms. The molecule has 1 aliphatic carbocycles. The normalized spacial score (nSPS) is 13.5. The van der Waals surface area contributed by atoms with Gasteiger partial charge >= 0.3 is 0 Å². The number of benzene rings is 2. The number of amides is 1. The molecule has 134 valence electrons. The smallest absolute Gasteiger partial charge is 0.235 e. The van der Waals surface area contributed by atoms with Gasteiger partial charge in [0, 0.05) is 13.0 Å². The molecule has 3 nitrogen and oxygen atoms in total. The highest BCUT2D eigenvalue weighted by atomic mass is 16.2. The summed E-state index contributed by atoms with van der Waals surface area (Å²) in [5.74, 6) is 0.108. The number of carbonyl (C=O) groups excluding carboxylic acids is 1. The van der Waals surface area contributed by atoms with E-state index in [0.29, 0.717) is 13.0 Å². The van der Waals surface area contributed by atoms with Crippen molar-refractivity contribution in [1.82, 2.24) is 5.32 Å². The van der Waals surface area contributed by atoms with E-state index in [0.717, 1.165) is 43.2 Å². The van der Waals surface area contributed by atoms with Crippen LogP contribution < -0.4 is 5.32 Å². The van der Waals surface area contributed by atoms with Crippen LogP contribution in [0.1, 0.15) is 56.6 Å². The number of rotatable bonds is 8. The third-order valence-electron chi connectivity index (χ3n) is 5.33. The van der Waals surface area contributed by atoms with Gasteiger partial charge in [-0.2, -0.15) is 5.26 Å². The summed E-state index contributed by atoms with van der Waals surface area (Å²) >= 11 is 0. The van der Waals surface area contributed by atoms with Crippen molar-refractivity contribution in [3.63, 3.8) is 0 Å². The number of nitrogens with one attached hydrogen (secondary N) is 1. The standard InChI is InChI=1S/C23H26N2O/c1-2-17-25-22(26)23(15-9-3-4-10-16-24)20-13-7-5-11-18(20)19-12-6-8-14-21(19)23/h5-8,11-14H,2-4,9-10,15,17H2,1H3,(H,25,26). The maximum atomic E-state index is 13.4. The summed E-state index contributed by atoms with van der Waals surface area (Å²) in [4.78, 5) is 13.4. The molecule has 0 fully saturated rings. The summed E-state index contributed by atoms with van der Waals surface area (Å²) in [6.45, 7) is 2.77. The zero-order valence-electron chi connectivity index (χ0n) is 15.4. The largest absolute Gasteiger partial charge is 0.355 e. The van der Waals surface area contributed by atoms with Crippen LogP contribution in [0.2, 0.25) is 0 Å². The van der Waals surface area contributed by atoms with E-state index in [1.165, 1.54) is 11.1 Å². The minimum atomic E-state index is -0.616. The predicted molar refractivity (Wildman–Crippen MR) is 105 cm³/mol. The Morgan fingerprint density at radius 1 is 1.00 bits per heavy atom. The van der Waals surface area contributed by atoms with Gasteiger partial charge in [-0.1, -0.05) is 68.3 Å². The molecule has 0 unspecified atom stereocenters. The van der Waals surface area contributed by atoms with Crippen LogP contribution >= 0.6 is 0 Å². The molecule has 3 heteroatoms. The molecule has 0 radical (unpaired) electrons. The van der Waals surface area contributed by atoms with Gasteiger partial charge in [-0.05, 0) is 41.5 Å². The number of carbonyl (C=O) groups is 1. The van der Waals surface area contributed by atoms with Gasteiger partial charge in [0.1, 0.15) is 5.41 Å². The molecule has 2 aromatic rings. The van der Waals surface area contributed by atoms with Crippen LogP contribution in [0.25, 0.3) is 11.1 Å². The van der Waals surface area contributed by atoms with Gasteiger partial charge in [0.25, 0.3) is 0 Å². The van der Waals surface area contributed by atoms with Crippen molar-refractivity contribution in [3.8, 4) is 17.2 Å². The number of nitriles is 1. The van der Waals surface area contributed by atoms with Gasteiger partial charge in [-0.25, -0.2) is 0 Å². The van der Waals surface area contributed by atoms with E-state index < -0.39 is 5.41 Å². The second-order valence-electron chi connectivity index (χ2n) is 6.97.